The monoisotopic (exact) mass is 341 g/mol. The quantitative estimate of drug-likeness (QED) is 0.697. The Morgan fingerprint density at radius 2 is 1.42 bits per heavy atom. The van der Waals surface area contributed by atoms with Gasteiger partial charge in [-0.1, -0.05) is 89.9 Å². The SMILES string of the molecule is OC(c1ccc(-c2ccccc2)cc1)C1C=NC=[N+]1Cc1ccccc1. The van der Waals surface area contributed by atoms with E-state index in [4.69, 9.17) is 0 Å². The zero-order valence-corrected chi connectivity index (χ0v) is 14.4. The van der Waals surface area contributed by atoms with Crippen LogP contribution in [0.25, 0.3) is 11.1 Å². The minimum absolute atomic E-state index is 0.155. The van der Waals surface area contributed by atoms with Crippen molar-refractivity contribution in [1.29, 1.82) is 0 Å². The first-order valence-electron chi connectivity index (χ1n) is 8.81. The molecule has 0 bridgehead atoms. The van der Waals surface area contributed by atoms with Crippen LogP contribution in [0, 0.1) is 0 Å². The molecule has 4 rings (SSSR count). The predicted molar refractivity (Wildman–Crippen MR) is 106 cm³/mol. The van der Waals surface area contributed by atoms with Crippen molar-refractivity contribution in [3.63, 3.8) is 0 Å². The van der Waals surface area contributed by atoms with E-state index in [1.54, 1.807) is 6.34 Å². The highest BCUT2D eigenvalue weighted by Crippen LogP contribution is 2.25. The van der Waals surface area contributed by atoms with E-state index in [1.165, 1.54) is 11.1 Å². The van der Waals surface area contributed by atoms with E-state index in [-0.39, 0.29) is 6.04 Å². The topological polar surface area (TPSA) is 35.6 Å². The van der Waals surface area contributed by atoms with Gasteiger partial charge in [-0.25, -0.2) is 4.58 Å². The fraction of sp³-hybridized carbons (Fsp3) is 0.130. The van der Waals surface area contributed by atoms with E-state index in [0.29, 0.717) is 0 Å². The molecule has 1 heterocycles. The molecule has 3 aromatic carbocycles. The molecule has 0 fully saturated rings. The van der Waals surface area contributed by atoms with Gasteiger partial charge in [0.15, 0.2) is 12.3 Å². The number of nitrogens with zero attached hydrogens (tertiary/aromatic N) is 2. The molecule has 1 N–H and O–H groups in total. The van der Waals surface area contributed by atoms with Gasteiger partial charge in [-0.2, -0.15) is 0 Å². The third kappa shape index (κ3) is 3.48. The number of aliphatic hydroxyl groups excluding tert-OH is 1. The first kappa shape index (κ1) is 16.4. The average Bonchev–Trinajstić information content (AvgIpc) is 3.17. The summed E-state index contributed by atoms with van der Waals surface area (Å²) in [6.07, 6.45) is 3.00. The Morgan fingerprint density at radius 1 is 0.808 bits per heavy atom. The van der Waals surface area contributed by atoms with Gasteiger partial charge in [-0.3, -0.25) is 0 Å². The first-order valence-corrected chi connectivity index (χ1v) is 8.81. The lowest BCUT2D eigenvalue weighted by molar-refractivity contribution is -0.566. The van der Waals surface area contributed by atoms with Gasteiger partial charge in [-0.15, -0.1) is 0 Å². The van der Waals surface area contributed by atoms with Gasteiger partial charge in [0.25, 0.3) is 6.34 Å². The van der Waals surface area contributed by atoms with Gasteiger partial charge in [0.1, 0.15) is 12.6 Å². The predicted octanol–water partition coefficient (Wildman–Crippen LogP) is 4.08. The van der Waals surface area contributed by atoms with Crippen molar-refractivity contribution in [3.05, 3.63) is 96.1 Å². The second kappa shape index (κ2) is 7.46. The van der Waals surface area contributed by atoms with E-state index >= 15 is 0 Å². The van der Waals surface area contributed by atoms with Crippen LogP contribution in [-0.2, 0) is 6.54 Å². The molecular formula is C23H21N2O+. The summed E-state index contributed by atoms with van der Waals surface area (Å²) in [5.41, 5.74) is 4.42. The number of benzene rings is 3. The maximum Gasteiger partial charge on any atom is 0.282 e. The van der Waals surface area contributed by atoms with Crippen LogP contribution in [0.2, 0.25) is 0 Å². The molecule has 128 valence electrons. The largest absolute Gasteiger partial charge is 0.383 e. The standard InChI is InChI=1S/C23H21N2O/c26-23(21-13-11-20(12-14-21)19-9-5-2-6-10-19)22-15-24-17-25(22)16-18-7-3-1-4-8-18/h1-15,17,22-23,26H,16H2/q+1. The molecule has 0 amide bonds. The molecule has 3 aromatic rings. The number of rotatable bonds is 5. The van der Waals surface area contributed by atoms with E-state index < -0.39 is 6.10 Å². The van der Waals surface area contributed by atoms with Crippen molar-refractivity contribution in [2.24, 2.45) is 4.99 Å². The summed E-state index contributed by atoms with van der Waals surface area (Å²) in [6, 6.07) is 28.5. The summed E-state index contributed by atoms with van der Waals surface area (Å²) in [6.45, 7) is 0.727. The Balaban J connectivity index is 1.51. The molecule has 1 aliphatic heterocycles. The molecule has 0 spiro atoms. The van der Waals surface area contributed by atoms with Gasteiger partial charge >= 0.3 is 0 Å². The van der Waals surface area contributed by atoms with Crippen LogP contribution >= 0.6 is 0 Å². The maximum absolute atomic E-state index is 10.9. The van der Waals surface area contributed by atoms with Crippen LogP contribution in [0.4, 0.5) is 0 Å². The average molecular weight is 341 g/mol. The molecule has 2 unspecified atom stereocenters. The fourth-order valence-electron chi connectivity index (χ4n) is 3.28. The Hall–Kier alpha value is -3.04. The van der Waals surface area contributed by atoms with Crippen molar-refractivity contribution in [2.45, 2.75) is 18.7 Å². The van der Waals surface area contributed by atoms with E-state index in [0.717, 1.165) is 17.7 Å². The molecule has 2 atom stereocenters. The molecule has 0 aliphatic carbocycles. The molecule has 0 radical (unpaired) electrons. The lowest BCUT2D eigenvalue weighted by atomic mass is 9.98. The van der Waals surface area contributed by atoms with Crippen LogP contribution in [0.3, 0.4) is 0 Å². The van der Waals surface area contributed by atoms with E-state index in [1.807, 2.05) is 54.7 Å². The summed E-state index contributed by atoms with van der Waals surface area (Å²) in [7, 11) is 0. The summed E-state index contributed by atoms with van der Waals surface area (Å²) >= 11 is 0. The van der Waals surface area contributed by atoms with Crippen molar-refractivity contribution >= 4 is 12.6 Å². The zero-order valence-electron chi connectivity index (χ0n) is 14.4. The number of aliphatic hydroxyl groups is 1. The minimum Gasteiger partial charge on any atom is -0.383 e. The molecule has 3 heteroatoms. The van der Waals surface area contributed by atoms with Gasteiger partial charge in [0, 0.05) is 0 Å². The molecule has 3 nitrogen and oxygen atoms in total. The van der Waals surface area contributed by atoms with E-state index in [9.17, 15) is 5.11 Å². The van der Waals surface area contributed by atoms with Crippen LogP contribution in [0.1, 0.15) is 17.2 Å². The second-order valence-electron chi connectivity index (χ2n) is 6.50. The lowest BCUT2D eigenvalue weighted by Crippen LogP contribution is -2.31. The normalized spacial score (nSPS) is 17.1. The van der Waals surface area contributed by atoms with Crippen molar-refractivity contribution < 1.29 is 9.68 Å². The Bertz CT molecular complexity index is 915. The molecule has 1 aliphatic rings. The van der Waals surface area contributed by atoms with Gasteiger partial charge in [0.2, 0.25) is 0 Å². The smallest absolute Gasteiger partial charge is 0.282 e. The highest BCUT2D eigenvalue weighted by atomic mass is 16.3. The summed E-state index contributed by atoms with van der Waals surface area (Å²) in [4.78, 5) is 4.27. The fourth-order valence-corrected chi connectivity index (χ4v) is 3.28. The van der Waals surface area contributed by atoms with Gasteiger partial charge in [0.05, 0.1) is 0 Å². The molecule has 26 heavy (non-hydrogen) atoms. The molecule has 0 aromatic heterocycles. The summed E-state index contributed by atoms with van der Waals surface area (Å²) in [5.74, 6) is 0. The van der Waals surface area contributed by atoms with Crippen molar-refractivity contribution in [1.82, 2.24) is 0 Å². The second-order valence-corrected chi connectivity index (χ2v) is 6.50. The van der Waals surface area contributed by atoms with E-state index in [2.05, 4.69) is 46.0 Å². The Kier molecular flexibility index (Phi) is 4.71. The number of hydrogen-bond acceptors (Lipinski definition) is 2. The Morgan fingerprint density at radius 3 is 2.12 bits per heavy atom. The molecular weight excluding hydrogens is 320 g/mol. The zero-order chi connectivity index (χ0) is 17.8. The summed E-state index contributed by atoms with van der Waals surface area (Å²) < 4.78 is 2.07. The van der Waals surface area contributed by atoms with Crippen molar-refractivity contribution in [2.75, 3.05) is 0 Å². The maximum atomic E-state index is 10.9. The highest BCUT2D eigenvalue weighted by molar-refractivity contribution is 5.78. The third-order valence-corrected chi connectivity index (χ3v) is 4.73. The lowest BCUT2D eigenvalue weighted by Gasteiger charge is -2.18. The van der Waals surface area contributed by atoms with Crippen molar-refractivity contribution in [3.8, 4) is 11.1 Å². The molecule has 0 saturated carbocycles. The van der Waals surface area contributed by atoms with Gasteiger partial charge < -0.3 is 5.11 Å². The third-order valence-electron chi connectivity index (χ3n) is 4.73. The minimum atomic E-state index is -0.619. The number of aliphatic imine (C=N–C) groups is 1. The highest BCUT2D eigenvalue weighted by Gasteiger charge is 2.31. The molecule has 0 saturated heterocycles. The number of hydrogen-bond donors (Lipinski definition) is 1. The Labute approximate surface area is 153 Å². The van der Waals surface area contributed by atoms with Crippen LogP contribution < -0.4 is 0 Å². The van der Waals surface area contributed by atoms with Crippen LogP contribution in [0.15, 0.2) is 89.9 Å². The first-order chi connectivity index (χ1) is 12.8. The summed E-state index contributed by atoms with van der Waals surface area (Å²) in [5, 5.41) is 10.9. The van der Waals surface area contributed by atoms with Crippen LogP contribution in [0.5, 0.6) is 0 Å². The van der Waals surface area contributed by atoms with Gasteiger partial charge in [-0.05, 0) is 22.3 Å². The van der Waals surface area contributed by atoms with Crippen LogP contribution in [-0.4, -0.2) is 28.3 Å².